The molecule has 0 aliphatic rings. The van der Waals surface area contributed by atoms with Crippen LogP contribution in [0.25, 0.3) is 21.7 Å². The first-order chi connectivity index (χ1) is 14.1. The van der Waals surface area contributed by atoms with E-state index in [1.54, 1.807) is 11.3 Å². The molecule has 0 aliphatic carbocycles. The monoisotopic (exact) mass is 418 g/mol. The molecule has 1 aromatic heterocycles. The van der Waals surface area contributed by atoms with E-state index in [1.807, 2.05) is 73.7 Å². The molecule has 1 amide bonds. The number of hydrogen-bond donors (Lipinski definition) is 1. The Kier molecular flexibility index (Phi) is 5.74. The second-order valence-electron chi connectivity index (χ2n) is 6.63. The zero-order valence-corrected chi connectivity index (χ0v) is 17.4. The Labute approximate surface area is 179 Å². The molecule has 1 heterocycles. The molecule has 144 valence electrons. The molecule has 1 N–H and O–H groups in total. The predicted octanol–water partition coefficient (Wildman–Crippen LogP) is 6.37. The summed E-state index contributed by atoms with van der Waals surface area (Å²) in [7, 11) is 0. The molecule has 3 nitrogen and oxygen atoms in total. The number of rotatable bonds is 5. The summed E-state index contributed by atoms with van der Waals surface area (Å²) in [5.41, 5.74) is 4.68. The van der Waals surface area contributed by atoms with Crippen molar-refractivity contribution in [2.24, 2.45) is 0 Å². The van der Waals surface area contributed by atoms with E-state index in [4.69, 9.17) is 11.6 Å². The van der Waals surface area contributed by atoms with Crippen molar-refractivity contribution in [3.63, 3.8) is 0 Å². The maximum Gasteiger partial charge on any atom is 0.251 e. The van der Waals surface area contributed by atoms with Gasteiger partial charge in [-0.1, -0.05) is 72.3 Å². The Balaban J connectivity index is 1.44. The van der Waals surface area contributed by atoms with Gasteiger partial charge in [-0.2, -0.15) is 0 Å². The third kappa shape index (κ3) is 4.39. The van der Waals surface area contributed by atoms with E-state index in [0.717, 1.165) is 32.3 Å². The first-order valence-corrected chi connectivity index (χ1v) is 10.5. The molecule has 0 fully saturated rings. The second kappa shape index (κ2) is 8.60. The van der Waals surface area contributed by atoms with E-state index in [9.17, 15) is 4.79 Å². The van der Waals surface area contributed by atoms with Crippen LogP contribution in [0, 0.1) is 6.92 Å². The number of aryl methyl sites for hydroxylation is 1. The Bertz CT molecular complexity index is 1140. The summed E-state index contributed by atoms with van der Waals surface area (Å²) in [5.74, 6) is -0.100. The van der Waals surface area contributed by atoms with Gasteiger partial charge in [0.25, 0.3) is 5.91 Å². The lowest BCUT2D eigenvalue weighted by atomic mass is 10.0. The lowest BCUT2D eigenvalue weighted by Crippen LogP contribution is -2.22. The van der Waals surface area contributed by atoms with Gasteiger partial charge < -0.3 is 5.32 Å². The van der Waals surface area contributed by atoms with Crippen molar-refractivity contribution in [1.29, 1.82) is 0 Å². The standard InChI is InChI=1S/C24H19ClN2OS/c1-16-22(29-24(27-16)20-9-5-6-10-21(20)25)15-26-23(28)19-13-11-18(12-14-19)17-7-3-2-4-8-17/h2-14H,15H2,1H3,(H,26,28). The van der Waals surface area contributed by atoms with E-state index < -0.39 is 0 Å². The predicted molar refractivity (Wildman–Crippen MR) is 120 cm³/mol. The SMILES string of the molecule is Cc1nc(-c2ccccc2Cl)sc1CNC(=O)c1ccc(-c2ccccc2)cc1. The quantitative estimate of drug-likeness (QED) is 0.409. The second-order valence-corrected chi connectivity index (χ2v) is 8.12. The normalized spacial score (nSPS) is 10.7. The van der Waals surface area contributed by atoms with Crippen molar-refractivity contribution in [1.82, 2.24) is 10.3 Å². The van der Waals surface area contributed by atoms with Crippen LogP contribution < -0.4 is 5.32 Å². The zero-order valence-electron chi connectivity index (χ0n) is 15.9. The minimum absolute atomic E-state index is 0.100. The van der Waals surface area contributed by atoms with Crippen LogP contribution >= 0.6 is 22.9 Å². The van der Waals surface area contributed by atoms with Gasteiger partial charge in [-0.15, -0.1) is 11.3 Å². The molecule has 0 saturated carbocycles. The number of nitrogens with zero attached hydrogens (tertiary/aromatic N) is 1. The highest BCUT2D eigenvalue weighted by molar-refractivity contribution is 7.15. The van der Waals surface area contributed by atoms with Crippen molar-refractivity contribution in [3.05, 3.63) is 100 Å². The van der Waals surface area contributed by atoms with Gasteiger partial charge in [0.05, 0.1) is 17.3 Å². The van der Waals surface area contributed by atoms with Crippen molar-refractivity contribution >= 4 is 28.8 Å². The topological polar surface area (TPSA) is 42.0 Å². The average Bonchev–Trinajstić information content (AvgIpc) is 3.13. The third-order valence-electron chi connectivity index (χ3n) is 4.66. The number of aromatic nitrogens is 1. The van der Waals surface area contributed by atoms with Crippen LogP contribution in [-0.4, -0.2) is 10.9 Å². The van der Waals surface area contributed by atoms with Crippen LogP contribution in [0.15, 0.2) is 78.9 Å². The molecular formula is C24H19ClN2OS. The van der Waals surface area contributed by atoms with Crippen LogP contribution in [0.4, 0.5) is 0 Å². The molecule has 0 aliphatic heterocycles. The highest BCUT2D eigenvalue weighted by Crippen LogP contribution is 2.32. The van der Waals surface area contributed by atoms with Gasteiger partial charge in [-0.3, -0.25) is 4.79 Å². The maximum absolute atomic E-state index is 12.6. The molecule has 5 heteroatoms. The van der Waals surface area contributed by atoms with Crippen LogP contribution in [0.3, 0.4) is 0 Å². The molecule has 0 atom stereocenters. The van der Waals surface area contributed by atoms with Crippen molar-refractivity contribution < 1.29 is 4.79 Å². The molecule has 0 bridgehead atoms. The number of carbonyl (C=O) groups excluding carboxylic acids is 1. The van der Waals surface area contributed by atoms with E-state index in [2.05, 4.69) is 22.4 Å². The number of benzene rings is 3. The summed E-state index contributed by atoms with van der Waals surface area (Å²) in [6.45, 7) is 2.39. The fourth-order valence-corrected chi connectivity index (χ4v) is 4.37. The number of amides is 1. The lowest BCUT2D eigenvalue weighted by Gasteiger charge is -2.06. The van der Waals surface area contributed by atoms with Crippen molar-refractivity contribution in [3.8, 4) is 21.7 Å². The molecule has 0 unspecified atom stereocenters. The van der Waals surface area contributed by atoms with Crippen LogP contribution in [0.2, 0.25) is 5.02 Å². The Morgan fingerprint density at radius 2 is 1.59 bits per heavy atom. The van der Waals surface area contributed by atoms with Gasteiger partial charge in [-0.25, -0.2) is 4.98 Å². The number of carbonyl (C=O) groups is 1. The van der Waals surface area contributed by atoms with Gasteiger partial charge in [-0.05, 0) is 36.2 Å². The van der Waals surface area contributed by atoms with E-state index in [-0.39, 0.29) is 5.91 Å². The summed E-state index contributed by atoms with van der Waals surface area (Å²) in [6.07, 6.45) is 0. The van der Waals surface area contributed by atoms with Crippen LogP contribution in [-0.2, 0) is 6.54 Å². The fourth-order valence-electron chi connectivity index (χ4n) is 3.05. The first-order valence-electron chi connectivity index (χ1n) is 9.27. The van der Waals surface area contributed by atoms with Gasteiger partial charge in [0.2, 0.25) is 0 Å². The highest BCUT2D eigenvalue weighted by Gasteiger charge is 2.13. The maximum atomic E-state index is 12.6. The van der Waals surface area contributed by atoms with E-state index in [0.29, 0.717) is 17.1 Å². The lowest BCUT2D eigenvalue weighted by molar-refractivity contribution is 0.0951. The summed E-state index contributed by atoms with van der Waals surface area (Å²) in [4.78, 5) is 18.2. The van der Waals surface area contributed by atoms with E-state index >= 15 is 0 Å². The van der Waals surface area contributed by atoms with Gasteiger partial charge in [0.1, 0.15) is 5.01 Å². The minimum atomic E-state index is -0.100. The van der Waals surface area contributed by atoms with Crippen molar-refractivity contribution in [2.45, 2.75) is 13.5 Å². The summed E-state index contributed by atoms with van der Waals surface area (Å²) >= 11 is 7.84. The molecular weight excluding hydrogens is 400 g/mol. The summed E-state index contributed by atoms with van der Waals surface area (Å²) < 4.78 is 0. The van der Waals surface area contributed by atoms with E-state index in [1.165, 1.54) is 0 Å². The molecule has 0 saturated heterocycles. The molecule has 0 spiro atoms. The fraction of sp³-hybridized carbons (Fsp3) is 0.0833. The summed E-state index contributed by atoms with van der Waals surface area (Å²) in [6, 6.07) is 25.4. The molecule has 29 heavy (non-hydrogen) atoms. The number of hydrogen-bond acceptors (Lipinski definition) is 3. The minimum Gasteiger partial charge on any atom is -0.347 e. The Hall–Kier alpha value is -2.95. The average molecular weight is 419 g/mol. The van der Waals surface area contributed by atoms with Crippen LogP contribution in [0.1, 0.15) is 20.9 Å². The Morgan fingerprint density at radius 3 is 2.31 bits per heavy atom. The number of thiazole rings is 1. The van der Waals surface area contributed by atoms with Gasteiger partial charge in [0.15, 0.2) is 0 Å². The van der Waals surface area contributed by atoms with Gasteiger partial charge in [0, 0.05) is 16.0 Å². The molecule has 4 rings (SSSR count). The highest BCUT2D eigenvalue weighted by atomic mass is 35.5. The number of halogens is 1. The van der Waals surface area contributed by atoms with Crippen molar-refractivity contribution in [2.75, 3.05) is 0 Å². The molecule has 4 aromatic rings. The third-order valence-corrected chi connectivity index (χ3v) is 6.18. The zero-order chi connectivity index (χ0) is 20.2. The first kappa shape index (κ1) is 19.4. The van der Waals surface area contributed by atoms with Crippen LogP contribution in [0.5, 0.6) is 0 Å². The molecule has 0 radical (unpaired) electrons. The number of nitrogens with one attached hydrogen (secondary N) is 1. The smallest absolute Gasteiger partial charge is 0.251 e. The van der Waals surface area contributed by atoms with Gasteiger partial charge >= 0.3 is 0 Å². The summed E-state index contributed by atoms with van der Waals surface area (Å²) in [5, 5.41) is 4.53. The molecule has 3 aromatic carbocycles. The Morgan fingerprint density at radius 1 is 0.931 bits per heavy atom. The largest absolute Gasteiger partial charge is 0.347 e.